The monoisotopic (exact) mass is 270 g/mol. The first kappa shape index (κ1) is 14.4. The van der Waals surface area contributed by atoms with E-state index in [1.165, 1.54) is 19.1 Å². The summed E-state index contributed by atoms with van der Waals surface area (Å²) in [6.45, 7) is 9.64. The number of hydrogen-bond acceptors (Lipinski definition) is 1. The Morgan fingerprint density at radius 1 is 0.950 bits per heavy atom. The van der Waals surface area contributed by atoms with Crippen molar-refractivity contribution in [1.29, 1.82) is 0 Å². The SMILES string of the molecule is CC(=O)c1ccc(F)cc1-c1c(C)c(C)cc(C)c1C. The molecule has 20 heavy (non-hydrogen) atoms. The maximum atomic E-state index is 13.6. The van der Waals surface area contributed by atoms with E-state index in [2.05, 4.69) is 6.07 Å². The lowest BCUT2D eigenvalue weighted by molar-refractivity contribution is 0.101. The summed E-state index contributed by atoms with van der Waals surface area (Å²) < 4.78 is 13.6. The Kier molecular flexibility index (Phi) is 3.76. The Hall–Kier alpha value is -1.96. The molecule has 2 aromatic carbocycles. The highest BCUT2D eigenvalue weighted by Crippen LogP contribution is 2.34. The molecule has 0 fully saturated rings. The van der Waals surface area contributed by atoms with Crippen LogP contribution < -0.4 is 0 Å². The number of aryl methyl sites for hydroxylation is 2. The van der Waals surface area contributed by atoms with E-state index in [-0.39, 0.29) is 11.6 Å². The zero-order chi connectivity index (χ0) is 15.0. The minimum atomic E-state index is -0.317. The molecule has 0 aliphatic heterocycles. The van der Waals surface area contributed by atoms with Gasteiger partial charge in [0.15, 0.2) is 5.78 Å². The predicted molar refractivity (Wildman–Crippen MR) is 80.8 cm³/mol. The fourth-order valence-electron chi connectivity index (χ4n) is 2.65. The van der Waals surface area contributed by atoms with E-state index < -0.39 is 0 Å². The first-order valence-electron chi connectivity index (χ1n) is 6.71. The van der Waals surface area contributed by atoms with Gasteiger partial charge in [-0.3, -0.25) is 4.79 Å². The standard InChI is InChI=1S/C18H19FO/c1-10-8-11(2)13(4)18(12(10)3)17-9-15(19)6-7-16(17)14(5)20/h6-9H,1-5H3. The Morgan fingerprint density at radius 3 is 2.00 bits per heavy atom. The molecule has 2 heteroatoms. The van der Waals surface area contributed by atoms with Crippen molar-refractivity contribution < 1.29 is 9.18 Å². The summed E-state index contributed by atoms with van der Waals surface area (Å²) in [6, 6.07) is 6.50. The molecular formula is C18H19FO. The van der Waals surface area contributed by atoms with E-state index in [1.54, 1.807) is 6.07 Å². The van der Waals surface area contributed by atoms with Crippen LogP contribution in [-0.4, -0.2) is 5.78 Å². The van der Waals surface area contributed by atoms with E-state index >= 15 is 0 Å². The minimum absolute atomic E-state index is 0.0436. The van der Waals surface area contributed by atoms with E-state index in [0.29, 0.717) is 11.1 Å². The van der Waals surface area contributed by atoms with Crippen LogP contribution in [0.25, 0.3) is 11.1 Å². The normalized spacial score (nSPS) is 10.7. The molecule has 0 saturated heterocycles. The van der Waals surface area contributed by atoms with Gasteiger partial charge in [0.1, 0.15) is 5.82 Å². The predicted octanol–water partition coefficient (Wildman–Crippen LogP) is 4.93. The average Bonchev–Trinajstić information content (AvgIpc) is 2.36. The summed E-state index contributed by atoms with van der Waals surface area (Å²) in [5.74, 6) is -0.360. The second-order valence-electron chi connectivity index (χ2n) is 5.38. The van der Waals surface area contributed by atoms with E-state index in [4.69, 9.17) is 0 Å². The molecular weight excluding hydrogens is 251 g/mol. The molecule has 2 aromatic rings. The van der Waals surface area contributed by atoms with Gasteiger partial charge in [-0.1, -0.05) is 6.07 Å². The van der Waals surface area contributed by atoms with Crippen LogP contribution in [0.2, 0.25) is 0 Å². The lowest BCUT2D eigenvalue weighted by Crippen LogP contribution is -2.02. The topological polar surface area (TPSA) is 17.1 Å². The second-order valence-corrected chi connectivity index (χ2v) is 5.38. The van der Waals surface area contributed by atoms with Gasteiger partial charge in [-0.15, -0.1) is 0 Å². The maximum absolute atomic E-state index is 13.6. The van der Waals surface area contributed by atoms with Crippen molar-refractivity contribution in [3.05, 3.63) is 57.9 Å². The summed E-state index contributed by atoms with van der Waals surface area (Å²) in [5, 5.41) is 0. The Bertz CT molecular complexity index is 673. The summed E-state index contributed by atoms with van der Waals surface area (Å²) in [7, 11) is 0. The first-order chi connectivity index (χ1) is 9.32. The molecule has 0 bridgehead atoms. The maximum Gasteiger partial charge on any atom is 0.160 e. The van der Waals surface area contributed by atoms with Gasteiger partial charge in [0.2, 0.25) is 0 Å². The molecule has 0 aliphatic carbocycles. The summed E-state index contributed by atoms with van der Waals surface area (Å²) in [4.78, 5) is 11.8. The number of hydrogen-bond donors (Lipinski definition) is 0. The number of benzene rings is 2. The van der Waals surface area contributed by atoms with Crippen molar-refractivity contribution in [2.24, 2.45) is 0 Å². The fourth-order valence-corrected chi connectivity index (χ4v) is 2.65. The Labute approximate surface area is 119 Å². The Morgan fingerprint density at radius 2 is 1.50 bits per heavy atom. The van der Waals surface area contributed by atoms with Crippen molar-refractivity contribution in [3.63, 3.8) is 0 Å². The lowest BCUT2D eigenvalue weighted by Gasteiger charge is -2.17. The zero-order valence-corrected chi connectivity index (χ0v) is 12.6. The van der Waals surface area contributed by atoms with Gasteiger partial charge in [0.25, 0.3) is 0 Å². The van der Waals surface area contributed by atoms with Gasteiger partial charge in [0.05, 0.1) is 0 Å². The number of Topliss-reactive ketones (excluding diaryl/α,β-unsaturated/α-hetero) is 1. The van der Waals surface area contributed by atoms with Crippen LogP contribution in [0.4, 0.5) is 4.39 Å². The smallest absolute Gasteiger partial charge is 0.160 e. The van der Waals surface area contributed by atoms with Crippen LogP contribution in [0.5, 0.6) is 0 Å². The summed E-state index contributed by atoms with van der Waals surface area (Å²) >= 11 is 0. The van der Waals surface area contributed by atoms with Crippen LogP contribution in [0.15, 0.2) is 24.3 Å². The quantitative estimate of drug-likeness (QED) is 0.707. The molecule has 0 aromatic heterocycles. The summed E-state index contributed by atoms with van der Waals surface area (Å²) in [6.07, 6.45) is 0. The highest BCUT2D eigenvalue weighted by atomic mass is 19.1. The van der Waals surface area contributed by atoms with E-state index in [9.17, 15) is 9.18 Å². The van der Waals surface area contributed by atoms with Gasteiger partial charge in [-0.25, -0.2) is 4.39 Å². The molecule has 0 spiro atoms. The van der Waals surface area contributed by atoms with Gasteiger partial charge in [0, 0.05) is 5.56 Å². The van der Waals surface area contributed by atoms with Gasteiger partial charge >= 0.3 is 0 Å². The van der Waals surface area contributed by atoms with Crippen LogP contribution in [0.1, 0.15) is 39.5 Å². The number of rotatable bonds is 2. The van der Waals surface area contributed by atoms with Gasteiger partial charge in [-0.05, 0) is 86.2 Å². The largest absolute Gasteiger partial charge is 0.294 e. The molecule has 0 radical (unpaired) electrons. The lowest BCUT2D eigenvalue weighted by atomic mass is 9.87. The van der Waals surface area contributed by atoms with Crippen LogP contribution in [0.3, 0.4) is 0 Å². The van der Waals surface area contributed by atoms with Crippen molar-refractivity contribution in [2.45, 2.75) is 34.6 Å². The third-order valence-corrected chi connectivity index (χ3v) is 4.00. The number of carbonyl (C=O) groups excluding carboxylic acids is 1. The van der Waals surface area contributed by atoms with E-state index in [1.807, 2.05) is 27.7 Å². The van der Waals surface area contributed by atoms with Gasteiger partial charge in [-0.2, -0.15) is 0 Å². The number of carbonyl (C=O) groups is 1. The average molecular weight is 270 g/mol. The molecule has 0 N–H and O–H groups in total. The first-order valence-corrected chi connectivity index (χ1v) is 6.71. The molecule has 0 heterocycles. The molecule has 0 atom stereocenters. The van der Waals surface area contributed by atoms with Crippen molar-refractivity contribution in [3.8, 4) is 11.1 Å². The van der Waals surface area contributed by atoms with Crippen molar-refractivity contribution in [2.75, 3.05) is 0 Å². The molecule has 0 saturated carbocycles. The van der Waals surface area contributed by atoms with E-state index in [0.717, 1.165) is 27.8 Å². The molecule has 2 rings (SSSR count). The van der Waals surface area contributed by atoms with Crippen molar-refractivity contribution in [1.82, 2.24) is 0 Å². The van der Waals surface area contributed by atoms with Crippen molar-refractivity contribution >= 4 is 5.78 Å². The molecule has 0 unspecified atom stereocenters. The minimum Gasteiger partial charge on any atom is -0.294 e. The third kappa shape index (κ3) is 2.38. The highest BCUT2D eigenvalue weighted by Gasteiger charge is 2.16. The third-order valence-electron chi connectivity index (χ3n) is 4.00. The highest BCUT2D eigenvalue weighted by molar-refractivity contribution is 6.01. The van der Waals surface area contributed by atoms with Crippen LogP contribution in [0, 0.1) is 33.5 Å². The zero-order valence-electron chi connectivity index (χ0n) is 12.6. The molecule has 0 aliphatic rings. The number of ketones is 1. The second kappa shape index (κ2) is 5.20. The molecule has 0 amide bonds. The summed E-state index contributed by atoms with van der Waals surface area (Å²) in [5.41, 5.74) is 6.75. The molecule has 104 valence electrons. The Balaban J connectivity index is 2.88. The van der Waals surface area contributed by atoms with Gasteiger partial charge < -0.3 is 0 Å². The molecule has 1 nitrogen and oxygen atoms in total. The fraction of sp³-hybridized carbons (Fsp3) is 0.278. The number of halogens is 1. The van der Waals surface area contributed by atoms with Crippen LogP contribution >= 0.6 is 0 Å². The van der Waals surface area contributed by atoms with Crippen LogP contribution in [-0.2, 0) is 0 Å².